The summed E-state index contributed by atoms with van der Waals surface area (Å²) in [6.45, 7) is 0. The minimum atomic E-state index is 1.23. The van der Waals surface area contributed by atoms with Gasteiger partial charge in [0.15, 0.2) is 0 Å². The molecule has 0 aliphatic heterocycles. The van der Waals surface area contributed by atoms with Crippen molar-refractivity contribution in [1.29, 1.82) is 0 Å². The van der Waals surface area contributed by atoms with Gasteiger partial charge in [-0.25, -0.2) is 0 Å². The summed E-state index contributed by atoms with van der Waals surface area (Å²) in [7, 11) is 0. The van der Waals surface area contributed by atoms with E-state index in [1.54, 1.807) is 0 Å². The molecule has 0 bridgehead atoms. The second kappa shape index (κ2) is 1.17. The molecule has 0 saturated carbocycles. The van der Waals surface area contributed by atoms with Crippen molar-refractivity contribution in [2.24, 2.45) is 0 Å². The van der Waals surface area contributed by atoms with Gasteiger partial charge in [0.1, 0.15) is 6.20 Å². The van der Waals surface area contributed by atoms with Crippen molar-refractivity contribution in [2.75, 3.05) is 0 Å². The Labute approximate surface area is 34.4 Å². The molecule has 0 atom stereocenters. The molecular formula is C3NS. The summed E-state index contributed by atoms with van der Waals surface area (Å²) in [5.74, 6) is 0. The van der Waals surface area contributed by atoms with Crippen molar-refractivity contribution in [3.63, 3.8) is 0 Å². The molecule has 0 saturated heterocycles. The quantitative estimate of drug-likeness (QED) is 0.445. The van der Waals surface area contributed by atoms with Crippen LogP contribution in [-0.2, 0) is 0 Å². The van der Waals surface area contributed by atoms with E-state index in [-0.39, 0.29) is 0 Å². The highest BCUT2D eigenvalue weighted by Gasteiger charge is 1.64. The van der Waals surface area contributed by atoms with Gasteiger partial charge in [0, 0.05) is 6.07 Å². The maximum Gasteiger partial charge on any atom is 0.113 e. The predicted molar refractivity (Wildman–Crippen MR) is 18.6 cm³/mol. The first kappa shape index (κ1) is 2.85. The van der Waals surface area contributed by atoms with Crippen LogP contribution in [0.4, 0.5) is 0 Å². The van der Waals surface area contributed by atoms with Crippen LogP contribution < -0.4 is 0 Å². The number of aromatic nitrogens is 1. The lowest BCUT2D eigenvalue weighted by Crippen LogP contribution is -1.35. The summed E-state index contributed by atoms with van der Waals surface area (Å²) in [5.41, 5.74) is 0. The van der Waals surface area contributed by atoms with Gasteiger partial charge in [0.25, 0.3) is 0 Å². The van der Waals surface area contributed by atoms with E-state index in [1.165, 1.54) is 11.5 Å². The molecule has 0 aliphatic carbocycles. The van der Waals surface area contributed by atoms with Gasteiger partial charge in [-0.15, -0.1) is 0 Å². The van der Waals surface area contributed by atoms with Crippen molar-refractivity contribution in [2.45, 2.75) is 0 Å². The molecule has 23 valence electrons. The third kappa shape index (κ3) is 0.450. The molecule has 0 unspecified atom stereocenters. The molecule has 1 aromatic heterocycles. The van der Waals surface area contributed by atoms with Crippen LogP contribution in [0.15, 0.2) is 0 Å². The summed E-state index contributed by atoms with van der Waals surface area (Å²) < 4.78 is 3.53. The van der Waals surface area contributed by atoms with E-state index in [1.807, 2.05) is 0 Å². The molecular weight excluding hydrogens is 82.1 g/mol. The normalized spacial score (nSPS) is 8.00. The fourth-order valence-corrected chi connectivity index (χ4v) is 0.342. The lowest BCUT2D eigenvalue weighted by molar-refractivity contribution is 1.55. The topological polar surface area (TPSA) is 12.9 Å². The van der Waals surface area contributed by atoms with E-state index in [0.29, 0.717) is 0 Å². The van der Waals surface area contributed by atoms with E-state index >= 15 is 0 Å². The van der Waals surface area contributed by atoms with Crippen LogP contribution in [0.25, 0.3) is 0 Å². The SMILES string of the molecule is [c]1[c]ns[c]1. The maximum atomic E-state index is 3.53. The summed E-state index contributed by atoms with van der Waals surface area (Å²) in [6, 6.07) is 2.52. The van der Waals surface area contributed by atoms with Gasteiger partial charge < -0.3 is 0 Å². The summed E-state index contributed by atoms with van der Waals surface area (Å²) >= 11 is 1.23. The first-order valence-electron chi connectivity index (χ1n) is 1.11. The zero-order chi connectivity index (χ0) is 3.54. The Balaban J connectivity index is 3.13. The zero-order valence-corrected chi connectivity index (χ0v) is 3.17. The Hall–Kier alpha value is -0.370. The lowest BCUT2D eigenvalue weighted by atomic mass is 10.8. The number of nitrogens with zero attached hydrogens (tertiary/aromatic N) is 1. The first-order valence-corrected chi connectivity index (χ1v) is 1.88. The summed E-state index contributed by atoms with van der Waals surface area (Å²) in [6.07, 6.45) is 2.45. The largest absolute Gasteiger partial charge is 0.190 e. The fraction of sp³-hybridized carbons (Fsp3) is 0. The van der Waals surface area contributed by atoms with E-state index < -0.39 is 0 Å². The van der Waals surface area contributed by atoms with Crippen molar-refractivity contribution in [3.05, 3.63) is 17.6 Å². The number of hydrogen-bond donors (Lipinski definition) is 0. The van der Waals surface area contributed by atoms with Crippen molar-refractivity contribution < 1.29 is 0 Å². The van der Waals surface area contributed by atoms with Gasteiger partial charge in [-0.1, -0.05) is 0 Å². The second-order valence-electron chi connectivity index (χ2n) is 0.521. The smallest absolute Gasteiger partial charge is 0.113 e. The average Bonchev–Trinajstić information content (AvgIpc) is 1.76. The Morgan fingerprint density at radius 2 is 2.60 bits per heavy atom. The molecule has 3 radical (unpaired) electrons. The third-order valence-corrected chi connectivity index (χ3v) is 0.620. The van der Waals surface area contributed by atoms with Gasteiger partial charge in [-0.05, 0) is 11.5 Å². The van der Waals surface area contributed by atoms with E-state index in [9.17, 15) is 0 Å². The minimum absolute atomic E-state index is 1.23. The van der Waals surface area contributed by atoms with Crippen molar-refractivity contribution in [1.82, 2.24) is 4.37 Å². The number of rotatable bonds is 0. The molecule has 0 fully saturated rings. The third-order valence-electron chi connectivity index (χ3n) is 0.244. The molecule has 1 aromatic rings. The minimum Gasteiger partial charge on any atom is -0.190 e. The van der Waals surface area contributed by atoms with Crippen LogP contribution >= 0.6 is 11.5 Å². The van der Waals surface area contributed by atoms with Crippen molar-refractivity contribution in [3.8, 4) is 0 Å². The summed E-state index contributed by atoms with van der Waals surface area (Å²) in [5, 5.41) is 2.61. The standard InChI is InChI=1S/C3NS/c1-2-4-5-3-1. The molecule has 0 spiro atoms. The molecule has 1 nitrogen and oxygen atoms in total. The molecule has 0 aromatic carbocycles. The fourth-order valence-electron chi connectivity index (χ4n) is 0.114. The van der Waals surface area contributed by atoms with Crippen LogP contribution in [0.5, 0.6) is 0 Å². The Morgan fingerprint density at radius 1 is 1.60 bits per heavy atom. The van der Waals surface area contributed by atoms with Crippen LogP contribution in [-0.4, -0.2) is 4.37 Å². The molecule has 0 amide bonds. The molecule has 5 heavy (non-hydrogen) atoms. The van der Waals surface area contributed by atoms with Crippen LogP contribution in [0, 0.1) is 17.6 Å². The van der Waals surface area contributed by atoms with Gasteiger partial charge >= 0.3 is 0 Å². The highest BCUT2D eigenvalue weighted by molar-refractivity contribution is 7.02. The maximum absolute atomic E-state index is 3.53. The van der Waals surface area contributed by atoms with Gasteiger partial charge in [-0.2, -0.15) is 4.37 Å². The van der Waals surface area contributed by atoms with E-state index in [2.05, 4.69) is 22.0 Å². The average molecular weight is 82.1 g/mol. The molecule has 1 rings (SSSR count). The highest BCUT2D eigenvalue weighted by Crippen LogP contribution is 1.79. The summed E-state index contributed by atoms with van der Waals surface area (Å²) in [4.78, 5) is 0. The highest BCUT2D eigenvalue weighted by atomic mass is 32.1. The Bertz CT molecular complexity index is 63.4. The Morgan fingerprint density at radius 3 is 2.80 bits per heavy atom. The lowest BCUT2D eigenvalue weighted by Gasteiger charge is -1.38. The van der Waals surface area contributed by atoms with Crippen LogP contribution in [0.1, 0.15) is 0 Å². The van der Waals surface area contributed by atoms with E-state index in [0.717, 1.165) is 0 Å². The molecule has 0 N–H and O–H groups in total. The molecule has 2 heteroatoms. The molecule has 1 heterocycles. The van der Waals surface area contributed by atoms with Gasteiger partial charge in [-0.3, -0.25) is 0 Å². The Kier molecular flexibility index (Phi) is 0.667. The van der Waals surface area contributed by atoms with Crippen LogP contribution in [0.2, 0.25) is 0 Å². The van der Waals surface area contributed by atoms with E-state index in [4.69, 9.17) is 0 Å². The molecule has 0 aliphatic rings. The van der Waals surface area contributed by atoms with Crippen LogP contribution in [0.3, 0.4) is 0 Å². The predicted octanol–water partition coefficient (Wildman–Crippen LogP) is 0.544. The number of hydrogen-bond acceptors (Lipinski definition) is 2. The first-order chi connectivity index (χ1) is 2.50. The van der Waals surface area contributed by atoms with Crippen molar-refractivity contribution >= 4 is 11.5 Å². The zero-order valence-electron chi connectivity index (χ0n) is 2.36. The monoisotopic (exact) mass is 82.0 g/mol. The van der Waals surface area contributed by atoms with Gasteiger partial charge in [0.2, 0.25) is 0 Å². The second-order valence-corrected chi connectivity index (χ2v) is 1.09. The van der Waals surface area contributed by atoms with Gasteiger partial charge in [0.05, 0.1) is 5.38 Å².